The minimum Gasteiger partial charge on any atom is -0.357 e. The molecular weight excluding hydrogens is 370 g/mol. The SMILES string of the molecule is CNC(=O)[C@H](C)NC(=O)[C@H](C)N(O)C(=O)[C@H]1CCCN1C(=O)[C@H](C)NC(C)=O. The Morgan fingerprint density at radius 1 is 1.04 bits per heavy atom. The molecule has 0 aromatic heterocycles. The predicted octanol–water partition coefficient (Wildman–Crippen LogP) is -1.64. The van der Waals surface area contributed by atoms with Crippen molar-refractivity contribution in [2.75, 3.05) is 13.6 Å². The molecular formula is C17H29N5O6. The van der Waals surface area contributed by atoms with Crippen molar-refractivity contribution in [3.63, 3.8) is 0 Å². The summed E-state index contributed by atoms with van der Waals surface area (Å²) in [7, 11) is 1.42. The standard InChI is InChI=1S/C17H29N5O6/c1-9(14(24)18-5)20-15(25)11(3)22(28)17(27)13-7-6-8-21(13)16(26)10(2)19-12(4)23/h9-11,13,28H,6-8H2,1-5H3,(H,18,24)(H,19,23)(H,20,25)/t9-,10-,11-,13+/m0/s1. The number of carbonyl (C=O) groups is 5. The molecule has 28 heavy (non-hydrogen) atoms. The van der Waals surface area contributed by atoms with Gasteiger partial charge in [0.05, 0.1) is 0 Å². The molecule has 4 atom stereocenters. The van der Waals surface area contributed by atoms with E-state index in [0.29, 0.717) is 19.4 Å². The van der Waals surface area contributed by atoms with Crippen LogP contribution in [0.2, 0.25) is 0 Å². The van der Waals surface area contributed by atoms with Gasteiger partial charge in [-0.25, -0.2) is 5.06 Å². The topological polar surface area (TPSA) is 148 Å². The van der Waals surface area contributed by atoms with Crippen LogP contribution in [-0.2, 0) is 24.0 Å². The number of likely N-dealkylation sites (tertiary alicyclic amines) is 1. The summed E-state index contributed by atoms with van der Waals surface area (Å²) in [5.74, 6) is -2.74. The zero-order chi connectivity index (χ0) is 21.6. The van der Waals surface area contributed by atoms with Crippen LogP contribution < -0.4 is 16.0 Å². The van der Waals surface area contributed by atoms with E-state index in [1.54, 1.807) is 0 Å². The van der Waals surface area contributed by atoms with E-state index in [0.717, 1.165) is 0 Å². The van der Waals surface area contributed by atoms with Crippen molar-refractivity contribution < 1.29 is 29.2 Å². The molecule has 5 amide bonds. The van der Waals surface area contributed by atoms with Crippen molar-refractivity contribution in [1.29, 1.82) is 0 Å². The Kier molecular flexibility index (Phi) is 8.35. The van der Waals surface area contributed by atoms with E-state index >= 15 is 0 Å². The van der Waals surface area contributed by atoms with Crippen LogP contribution in [0.3, 0.4) is 0 Å². The van der Waals surface area contributed by atoms with Crippen LogP contribution in [-0.4, -0.2) is 82.5 Å². The zero-order valence-corrected chi connectivity index (χ0v) is 16.8. The second-order valence-electron chi connectivity index (χ2n) is 6.82. The average molecular weight is 399 g/mol. The highest BCUT2D eigenvalue weighted by molar-refractivity contribution is 5.94. The van der Waals surface area contributed by atoms with Gasteiger partial charge in [-0.3, -0.25) is 29.2 Å². The summed E-state index contributed by atoms with van der Waals surface area (Å²) in [4.78, 5) is 61.3. The lowest BCUT2D eigenvalue weighted by atomic mass is 10.1. The van der Waals surface area contributed by atoms with Gasteiger partial charge >= 0.3 is 0 Å². The Bertz CT molecular complexity index is 640. The highest BCUT2D eigenvalue weighted by Gasteiger charge is 2.40. The molecule has 1 heterocycles. The lowest BCUT2D eigenvalue weighted by molar-refractivity contribution is -0.183. The molecule has 0 radical (unpaired) electrons. The van der Waals surface area contributed by atoms with Gasteiger partial charge in [-0.15, -0.1) is 0 Å². The largest absolute Gasteiger partial charge is 0.357 e. The molecule has 1 rings (SSSR count). The first-order valence-corrected chi connectivity index (χ1v) is 9.12. The van der Waals surface area contributed by atoms with Gasteiger partial charge in [-0.05, 0) is 33.6 Å². The molecule has 158 valence electrons. The fourth-order valence-corrected chi connectivity index (χ4v) is 2.97. The van der Waals surface area contributed by atoms with Crippen molar-refractivity contribution in [1.82, 2.24) is 25.9 Å². The van der Waals surface area contributed by atoms with Crippen LogP contribution in [0.1, 0.15) is 40.5 Å². The third-order valence-electron chi connectivity index (χ3n) is 4.58. The van der Waals surface area contributed by atoms with Crippen LogP contribution in [0, 0.1) is 0 Å². The fraction of sp³-hybridized carbons (Fsp3) is 0.706. The molecule has 1 aliphatic heterocycles. The lowest BCUT2D eigenvalue weighted by Crippen LogP contribution is -2.56. The van der Waals surface area contributed by atoms with Crippen molar-refractivity contribution in [3.05, 3.63) is 0 Å². The first kappa shape index (κ1) is 23.3. The minimum absolute atomic E-state index is 0.283. The number of nitrogens with zero attached hydrogens (tertiary/aromatic N) is 2. The molecule has 0 spiro atoms. The Morgan fingerprint density at radius 2 is 1.64 bits per heavy atom. The zero-order valence-electron chi connectivity index (χ0n) is 16.8. The van der Waals surface area contributed by atoms with Crippen molar-refractivity contribution >= 4 is 29.5 Å². The number of amides is 5. The average Bonchev–Trinajstić information content (AvgIpc) is 3.13. The van der Waals surface area contributed by atoms with Crippen LogP contribution >= 0.6 is 0 Å². The maximum absolute atomic E-state index is 12.7. The highest BCUT2D eigenvalue weighted by atomic mass is 16.5. The van der Waals surface area contributed by atoms with Crippen LogP contribution in [0.5, 0.6) is 0 Å². The van der Waals surface area contributed by atoms with Gasteiger partial charge in [0, 0.05) is 20.5 Å². The summed E-state index contributed by atoms with van der Waals surface area (Å²) < 4.78 is 0. The molecule has 0 saturated carbocycles. The second kappa shape index (κ2) is 10.0. The first-order valence-electron chi connectivity index (χ1n) is 9.12. The molecule has 4 N–H and O–H groups in total. The summed E-state index contributed by atoms with van der Waals surface area (Å²) in [5, 5.41) is 17.7. The van der Waals surface area contributed by atoms with E-state index in [2.05, 4.69) is 16.0 Å². The minimum atomic E-state index is -1.26. The third kappa shape index (κ3) is 5.65. The quantitative estimate of drug-likeness (QED) is 0.298. The van der Waals surface area contributed by atoms with E-state index in [1.807, 2.05) is 0 Å². The van der Waals surface area contributed by atoms with Crippen molar-refractivity contribution in [2.24, 2.45) is 0 Å². The molecule has 11 heteroatoms. The maximum atomic E-state index is 12.7. The maximum Gasteiger partial charge on any atom is 0.269 e. The van der Waals surface area contributed by atoms with Crippen molar-refractivity contribution in [2.45, 2.75) is 64.7 Å². The van der Waals surface area contributed by atoms with Gasteiger partial charge in [0.25, 0.3) is 5.91 Å². The first-order chi connectivity index (χ1) is 13.0. The number of hydrogen-bond donors (Lipinski definition) is 4. The predicted molar refractivity (Wildman–Crippen MR) is 97.8 cm³/mol. The van der Waals surface area contributed by atoms with E-state index < -0.39 is 47.8 Å². The molecule has 0 unspecified atom stereocenters. The Morgan fingerprint density at radius 3 is 2.18 bits per heavy atom. The van der Waals surface area contributed by atoms with Gasteiger partial charge in [-0.2, -0.15) is 0 Å². The van der Waals surface area contributed by atoms with E-state index in [4.69, 9.17) is 0 Å². The summed E-state index contributed by atoms with van der Waals surface area (Å²) in [6.45, 7) is 5.88. The number of likely N-dealkylation sites (N-methyl/N-ethyl adjacent to an activating group) is 1. The van der Waals surface area contributed by atoms with Gasteiger partial charge in [-0.1, -0.05) is 0 Å². The molecule has 0 aliphatic carbocycles. The van der Waals surface area contributed by atoms with Crippen LogP contribution in [0.15, 0.2) is 0 Å². The molecule has 11 nitrogen and oxygen atoms in total. The Labute approximate surface area is 163 Å². The molecule has 1 saturated heterocycles. The number of carbonyl (C=O) groups excluding carboxylic acids is 5. The van der Waals surface area contributed by atoms with E-state index in [9.17, 15) is 29.2 Å². The number of rotatable bonds is 7. The third-order valence-corrected chi connectivity index (χ3v) is 4.58. The normalized spacial score (nSPS) is 19.2. The number of nitrogens with one attached hydrogen (secondary N) is 3. The Hall–Kier alpha value is -2.69. The number of hydrogen-bond acceptors (Lipinski definition) is 6. The smallest absolute Gasteiger partial charge is 0.269 e. The van der Waals surface area contributed by atoms with Crippen LogP contribution in [0.25, 0.3) is 0 Å². The highest BCUT2D eigenvalue weighted by Crippen LogP contribution is 2.21. The lowest BCUT2D eigenvalue weighted by Gasteiger charge is -2.31. The van der Waals surface area contributed by atoms with E-state index in [1.165, 1.54) is 39.6 Å². The van der Waals surface area contributed by atoms with Gasteiger partial charge in [0.1, 0.15) is 24.2 Å². The van der Waals surface area contributed by atoms with Crippen LogP contribution in [0.4, 0.5) is 0 Å². The number of hydroxylamine groups is 2. The monoisotopic (exact) mass is 399 g/mol. The van der Waals surface area contributed by atoms with Crippen molar-refractivity contribution in [3.8, 4) is 0 Å². The summed E-state index contributed by atoms with van der Waals surface area (Å²) in [6, 6.07) is -3.84. The van der Waals surface area contributed by atoms with E-state index in [-0.39, 0.29) is 11.0 Å². The molecule has 0 bridgehead atoms. The van der Waals surface area contributed by atoms with Gasteiger partial charge in [0.15, 0.2) is 0 Å². The molecule has 1 aliphatic rings. The Balaban J connectivity index is 2.79. The summed E-state index contributed by atoms with van der Waals surface area (Å²) >= 11 is 0. The molecule has 1 fully saturated rings. The summed E-state index contributed by atoms with van der Waals surface area (Å²) in [5.41, 5.74) is 0. The fourth-order valence-electron chi connectivity index (χ4n) is 2.97. The van der Waals surface area contributed by atoms with Gasteiger partial charge in [0.2, 0.25) is 23.6 Å². The summed E-state index contributed by atoms with van der Waals surface area (Å²) in [6.07, 6.45) is 0.883. The molecule has 0 aromatic rings. The second-order valence-corrected chi connectivity index (χ2v) is 6.82. The molecule has 0 aromatic carbocycles. The van der Waals surface area contributed by atoms with Gasteiger partial charge < -0.3 is 20.9 Å².